The summed E-state index contributed by atoms with van der Waals surface area (Å²) in [5, 5.41) is 0. The van der Waals surface area contributed by atoms with Crippen molar-refractivity contribution in [3.8, 4) is 0 Å². The van der Waals surface area contributed by atoms with Crippen molar-refractivity contribution in [1.29, 1.82) is 0 Å². The third-order valence-corrected chi connectivity index (χ3v) is 2.59. The first-order valence-corrected chi connectivity index (χ1v) is 5.04. The van der Waals surface area contributed by atoms with Gasteiger partial charge in [0.1, 0.15) is 0 Å². The van der Waals surface area contributed by atoms with Crippen LogP contribution in [0.2, 0.25) is 0 Å². The number of carbonyl (C=O) groups excluding carboxylic acids is 1. The van der Waals surface area contributed by atoms with Crippen molar-refractivity contribution >= 4 is 5.97 Å². The third-order valence-electron chi connectivity index (χ3n) is 2.59. The lowest BCUT2D eigenvalue weighted by Gasteiger charge is -1.93. The van der Waals surface area contributed by atoms with Gasteiger partial charge in [-0.05, 0) is 24.7 Å². The molecule has 0 N–H and O–H groups in total. The Morgan fingerprint density at radius 1 is 1.62 bits per heavy atom. The molecule has 0 spiro atoms. The molecule has 1 aliphatic rings. The zero-order valence-corrected chi connectivity index (χ0v) is 8.45. The number of allylic oxidation sites excluding steroid dienone is 1. The quantitative estimate of drug-likeness (QED) is 0.482. The van der Waals surface area contributed by atoms with Crippen molar-refractivity contribution in [2.24, 2.45) is 11.8 Å². The molecule has 1 saturated carbocycles. The van der Waals surface area contributed by atoms with E-state index in [0.717, 1.165) is 5.92 Å². The van der Waals surface area contributed by atoms with Crippen LogP contribution in [0.4, 0.5) is 0 Å². The summed E-state index contributed by atoms with van der Waals surface area (Å²) in [7, 11) is 1.41. The number of esters is 1. The first-order valence-electron chi connectivity index (χ1n) is 5.04. The highest BCUT2D eigenvalue weighted by Crippen LogP contribution is 2.43. The fraction of sp³-hybridized carbons (Fsp3) is 0.727. The zero-order chi connectivity index (χ0) is 9.68. The predicted molar refractivity (Wildman–Crippen MR) is 52.3 cm³/mol. The molecular weight excluding hydrogens is 164 g/mol. The van der Waals surface area contributed by atoms with E-state index in [0.29, 0.717) is 5.92 Å². The number of carbonyl (C=O) groups is 1. The Bertz CT molecular complexity index is 196. The van der Waals surface area contributed by atoms with Crippen LogP contribution >= 0.6 is 0 Å². The number of methoxy groups -OCH3 is 1. The van der Waals surface area contributed by atoms with E-state index >= 15 is 0 Å². The average molecular weight is 182 g/mol. The third kappa shape index (κ3) is 3.62. The number of rotatable bonds is 5. The van der Waals surface area contributed by atoms with E-state index in [1.54, 1.807) is 6.08 Å². The van der Waals surface area contributed by atoms with Crippen molar-refractivity contribution in [1.82, 2.24) is 0 Å². The van der Waals surface area contributed by atoms with E-state index in [4.69, 9.17) is 0 Å². The van der Waals surface area contributed by atoms with Crippen molar-refractivity contribution in [3.63, 3.8) is 0 Å². The standard InChI is InChI=1S/C11H18O2/c1-3-4-5-9-8-10(9)6-7-11(12)13-2/h6-7,9-10H,3-5,8H2,1-2H3/b7-6+/t9-,10+/m1/s1. The molecule has 0 aromatic carbocycles. The van der Waals surface area contributed by atoms with Crippen molar-refractivity contribution < 1.29 is 9.53 Å². The summed E-state index contributed by atoms with van der Waals surface area (Å²) in [6.45, 7) is 2.21. The largest absolute Gasteiger partial charge is 0.466 e. The Balaban J connectivity index is 2.13. The fourth-order valence-corrected chi connectivity index (χ4v) is 1.58. The van der Waals surface area contributed by atoms with Gasteiger partial charge < -0.3 is 4.74 Å². The molecule has 0 bridgehead atoms. The van der Waals surface area contributed by atoms with Crippen LogP contribution in [-0.2, 0) is 9.53 Å². The molecule has 1 rings (SSSR count). The summed E-state index contributed by atoms with van der Waals surface area (Å²) in [6.07, 6.45) is 8.69. The maximum Gasteiger partial charge on any atom is 0.330 e. The van der Waals surface area contributed by atoms with Gasteiger partial charge in [-0.1, -0.05) is 25.8 Å². The second kappa shape index (κ2) is 5.05. The molecule has 2 heteroatoms. The van der Waals surface area contributed by atoms with Crippen LogP contribution in [0.5, 0.6) is 0 Å². The molecule has 0 heterocycles. The highest BCUT2D eigenvalue weighted by molar-refractivity contribution is 5.81. The van der Waals surface area contributed by atoms with E-state index < -0.39 is 0 Å². The summed E-state index contributed by atoms with van der Waals surface area (Å²) < 4.78 is 4.52. The van der Waals surface area contributed by atoms with Crippen molar-refractivity contribution in [2.45, 2.75) is 32.6 Å². The lowest BCUT2D eigenvalue weighted by molar-refractivity contribution is -0.134. The van der Waals surface area contributed by atoms with E-state index in [1.807, 2.05) is 6.08 Å². The van der Waals surface area contributed by atoms with E-state index in [2.05, 4.69) is 11.7 Å². The number of ether oxygens (including phenoxy) is 1. The number of unbranched alkanes of at least 4 members (excludes halogenated alkanes) is 1. The minimum atomic E-state index is -0.235. The summed E-state index contributed by atoms with van der Waals surface area (Å²) in [6, 6.07) is 0. The van der Waals surface area contributed by atoms with Gasteiger partial charge in [-0.2, -0.15) is 0 Å². The van der Waals surface area contributed by atoms with E-state index in [-0.39, 0.29) is 5.97 Å². The minimum absolute atomic E-state index is 0.235. The molecule has 0 amide bonds. The van der Waals surface area contributed by atoms with E-state index in [9.17, 15) is 4.79 Å². The molecule has 13 heavy (non-hydrogen) atoms. The lowest BCUT2D eigenvalue weighted by Crippen LogP contribution is -1.93. The van der Waals surface area contributed by atoms with Crippen LogP contribution in [0.25, 0.3) is 0 Å². The SMILES string of the molecule is CCCC[C@@H]1C[C@@H]1/C=C/C(=O)OC. The van der Waals surface area contributed by atoms with Crippen molar-refractivity contribution in [3.05, 3.63) is 12.2 Å². The first-order chi connectivity index (χ1) is 6.27. The van der Waals surface area contributed by atoms with Crippen LogP contribution < -0.4 is 0 Å². The molecule has 0 aromatic rings. The molecular formula is C11H18O2. The summed E-state index contributed by atoms with van der Waals surface area (Å²) in [4.78, 5) is 10.8. The second-order valence-corrected chi connectivity index (χ2v) is 3.68. The maximum atomic E-state index is 10.8. The molecule has 0 aromatic heterocycles. The van der Waals surface area contributed by atoms with Gasteiger partial charge in [0.05, 0.1) is 7.11 Å². The zero-order valence-electron chi connectivity index (χ0n) is 8.45. The van der Waals surface area contributed by atoms with Gasteiger partial charge in [0.25, 0.3) is 0 Å². The van der Waals surface area contributed by atoms with Gasteiger partial charge >= 0.3 is 5.97 Å². The summed E-state index contributed by atoms with van der Waals surface area (Å²) in [5.41, 5.74) is 0. The Hall–Kier alpha value is -0.790. The Kier molecular flexibility index (Phi) is 4.00. The second-order valence-electron chi connectivity index (χ2n) is 3.68. The summed E-state index contributed by atoms with van der Waals surface area (Å²) >= 11 is 0. The van der Waals surface area contributed by atoms with Crippen molar-refractivity contribution in [2.75, 3.05) is 7.11 Å². The molecule has 0 radical (unpaired) electrons. The Labute approximate surface area is 80.0 Å². The molecule has 0 unspecified atom stereocenters. The van der Waals surface area contributed by atoms with Crippen LogP contribution in [0, 0.1) is 11.8 Å². The first kappa shape index (κ1) is 10.3. The maximum absolute atomic E-state index is 10.8. The van der Waals surface area contributed by atoms with Gasteiger partial charge in [0.15, 0.2) is 0 Å². The summed E-state index contributed by atoms with van der Waals surface area (Å²) in [5.74, 6) is 1.24. The molecule has 2 nitrogen and oxygen atoms in total. The fourth-order valence-electron chi connectivity index (χ4n) is 1.58. The van der Waals surface area contributed by atoms with Gasteiger partial charge in [0.2, 0.25) is 0 Å². The molecule has 0 saturated heterocycles. The number of hydrogen-bond donors (Lipinski definition) is 0. The smallest absolute Gasteiger partial charge is 0.330 e. The van der Waals surface area contributed by atoms with Crippen LogP contribution in [0.3, 0.4) is 0 Å². The Morgan fingerprint density at radius 3 is 3.00 bits per heavy atom. The number of hydrogen-bond acceptors (Lipinski definition) is 2. The van der Waals surface area contributed by atoms with Crippen LogP contribution in [0.15, 0.2) is 12.2 Å². The van der Waals surface area contributed by atoms with Crippen LogP contribution in [-0.4, -0.2) is 13.1 Å². The average Bonchev–Trinajstić information content (AvgIpc) is 2.89. The van der Waals surface area contributed by atoms with Gasteiger partial charge in [-0.15, -0.1) is 0 Å². The van der Waals surface area contributed by atoms with Gasteiger partial charge in [0, 0.05) is 6.08 Å². The van der Waals surface area contributed by atoms with E-state index in [1.165, 1.54) is 32.8 Å². The highest BCUT2D eigenvalue weighted by Gasteiger charge is 2.33. The molecule has 1 fully saturated rings. The van der Waals surface area contributed by atoms with Gasteiger partial charge in [-0.25, -0.2) is 4.79 Å². The van der Waals surface area contributed by atoms with Crippen LogP contribution in [0.1, 0.15) is 32.6 Å². The minimum Gasteiger partial charge on any atom is -0.466 e. The molecule has 0 aliphatic heterocycles. The molecule has 2 atom stereocenters. The topological polar surface area (TPSA) is 26.3 Å². The molecule has 74 valence electrons. The van der Waals surface area contributed by atoms with Gasteiger partial charge in [-0.3, -0.25) is 0 Å². The normalized spacial score (nSPS) is 26.3. The predicted octanol–water partition coefficient (Wildman–Crippen LogP) is 2.54. The Morgan fingerprint density at radius 2 is 2.38 bits per heavy atom. The molecule has 1 aliphatic carbocycles. The lowest BCUT2D eigenvalue weighted by atomic mass is 10.1. The highest BCUT2D eigenvalue weighted by atomic mass is 16.5. The monoisotopic (exact) mass is 182 g/mol.